The van der Waals surface area contributed by atoms with Crippen LogP contribution in [-0.2, 0) is 4.79 Å². The molecule has 0 saturated carbocycles. The Hall–Kier alpha value is -1.77. The molecule has 0 aliphatic rings. The Balaban J connectivity index is 3.17. The van der Waals surface area contributed by atoms with Gasteiger partial charge in [0, 0.05) is 12.1 Å². The summed E-state index contributed by atoms with van der Waals surface area (Å²) in [7, 11) is 0. The molecule has 9 heteroatoms. The number of benzene rings is 1. The van der Waals surface area contributed by atoms with Crippen LogP contribution in [0.2, 0.25) is 0 Å². The molecule has 0 spiro atoms. The number of ether oxygens (including phenoxy) is 1. The first kappa shape index (κ1) is 13.3. The minimum absolute atomic E-state index is 0.220. The molecule has 1 unspecified atom stereocenters. The van der Waals surface area contributed by atoms with E-state index in [2.05, 4.69) is 20.7 Å². The highest BCUT2D eigenvalue weighted by Gasteiger charge is 2.25. The van der Waals surface area contributed by atoms with Crippen molar-refractivity contribution in [1.29, 1.82) is 0 Å². The predicted molar refractivity (Wildman–Crippen MR) is 53.9 cm³/mol. The normalized spacial score (nSPS) is 11.9. The second kappa shape index (κ2) is 5.04. The van der Waals surface area contributed by atoms with Gasteiger partial charge in [0.15, 0.2) is 0 Å². The number of hydrogen-bond donors (Lipinski definition) is 1. The lowest BCUT2D eigenvalue weighted by Crippen LogP contribution is -2.21. The van der Waals surface area contributed by atoms with Crippen molar-refractivity contribution in [1.82, 2.24) is 0 Å². The second-order valence-corrected chi connectivity index (χ2v) is 3.62. The van der Waals surface area contributed by atoms with E-state index in [9.17, 15) is 23.7 Å². The van der Waals surface area contributed by atoms with Crippen molar-refractivity contribution >= 4 is 27.6 Å². The number of nitrogens with zero attached hydrogens (tertiary/aromatic N) is 1. The first-order chi connectivity index (χ1) is 7.82. The fourth-order valence-electron chi connectivity index (χ4n) is 0.917. The molecule has 17 heavy (non-hydrogen) atoms. The number of carboxylic acid groups (broad SMARTS) is 1. The smallest absolute Gasteiger partial charge is 0.378 e. The van der Waals surface area contributed by atoms with Gasteiger partial charge in [-0.2, -0.15) is 4.39 Å². The van der Waals surface area contributed by atoms with Crippen LogP contribution in [0.15, 0.2) is 16.6 Å². The van der Waals surface area contributed by atoms with E-state index < -0.39 is 34.5 Å². The number of halogens is 3. The lowest BCUT2D eigenvalue weighted by molar-refractivity contribution is -0.386. The van der Waals surface area contributed by atoms with Crippen molar-refractivity contribution in [3.8, 4) is 5.75 Å². The fraction of sp³-hybridized carbons (Fsp3) is 0.125. The van der Waals surface area contributed by atoms with E-state index in [1.54, 1.807) is 0 Å². The summed E-state index contributed by atoms with van der Waals surface area (Å²) in [5, 5.41) is 18.8. The van der Waals surface area contributed by atoms with Crippen molar-refractivity contribution in [2.45, 2.75) is 6.36 Å². The highest BCUT2D eigenvalue weighted by atomic mass is 79.9. The topological polar surface area (TPSA) is 89.7 Å². The number of aliphatic carboxylic acids is 1. The average Bonchev–Trinajstić information content (AvgIpc) is 2.22. The molecule has 0 aromatic heterocycles. The zero-order valence-electron chi connectivity index (χ0n) is 7.89. The Labute approximate surface area is 101 Å². The summed E-state index contributed by atoms with van der Waals surface area (Å²) in [6, 6.07) is 1.27. The molecule has 0 aliphatic heterocycles. The number of rotatable bonds is 4. The minimum atomic E-state index is -2.81. The van der Waals surface area contributed by atoms with Gasteiger partial charge in [-0.15, -0.1) is 0 Å². The molecule has 6 nitrogen and oxygen atoms in total. The molecular formula is C8H4BrF2NO5. The lowest BCUT2D eigenvalue weighted by Gasteiger charge is -2.08. The van der Waals surface area contributed by atoms with Gasteiger partial charge in [-0.25, -0.2) is 9.18 Å². The van der Waals surface area contributed by atoms with Gasteiger partial charge >= 0.3 is 18.0 Å². The highest BCUT2D eigenvalue weighted by Crippen LogP contribution is 2.33. The molecule has 0 aliphatic carbocycles. The largest absolute Gasteiger partial charge is 0.476 e. The number of carboxylic acids is 1. The Morgan fingerprint density at radius 1 is 1.59 bits per heavy atom. The molecule has 0 saturated heterocycles. The maximum atomic E-state index is 13.1. The molecule has 1 aromatic rings. The average molecular weight is 312 g/mol. The molecule has 1 atom stereocenters. The van der Waals surface area contributed by atoms with Gasteiger partial charge in [0.1, 0.15) is 5.82 Å². The van der Waals surface area contributed by atoms with Crippen molar-refractivity contribution in [2.75, 3.05) is 0 Å². The summed E-state index contributed by atoms with van der Waals surface area (Å²) in [6.07, 6.45) is -2.81. The van der Waals surface area contributed by atoms with Crippen LogP contribution in [0.1, 0.15) is 0 Å². The third-order valence-electron chi connectivity index (χ3n) is 1.62. The van der Waals surface area contributed by atoms with Crippen LogP contribution >= 0.6 is 15.9 Å². The number of nitro benzene ring substituents is 1. The third-order valence-corrected chi connectivity index (χ3v) is 2.23. The van der Waals surface area contributed by atoms with Gasteiger partial charge in [0.25, 0.3) is 0 Å². The van der Waals surface area contributed by atoms with Crippen molar-refractivity contribution < 1.29 is 28.3 Å². The minimum Gasteiger partial charge on any atom is -0.476 e. The van der Waals surface area contributed by atoms with Gasteiger partial charge in [-0.1, -0.05) is 0 Å². The molecular weight excluding hydrogens is 308 g/mol. The molecule has 0 bridgehead atoms. The second-order valence-electron chi connectivity index (χ2n) is 2.76. The van der Waals surface area contributed by atoms with Gasteiger partial charge in [-0.3, -0.25) is 10.1 Å². The van der Waals surface area contributed by atoms with Crippen molar-refractivity contribution in [3.63, 3.8) is 0 Å². The van der Waals surface area contributed by atoms with E-state index in [-0.39, 0.29) is 4.47 Å². The van der Waals surface area contributed by atoms with Gasteiger partial charge in [0.05, 0.1) is 9.40 Å². The van der Waals surface area contributed by atoms with E-state index in [0.717, 1.165) is 6.07 Å². The molecule has 0 fully saturated rings. The maximum Gasteiger partial charge on any atom is 0.378 e. The Morgan fingerprint density at radius 2 is 2.18 bits per heavy atom. The third kappa shape index (κ3) is 3.09. The first-order valence-electron chi connectivity index (χ1n) is 4.00. The summed E-state index contributed by atoms with van der Waals surface area (Å²) >= 11 is 2.70. The predicted octanol–water partition coefficient (Wildman–Crippen LogP) is 2.26. The quantitative estimate of drug-likeness (QED) is 0.680. The number of alkyl halides is 1. The zero-order chi connectivity index (χ0) is 13.2. The van der Waals surface area contributed by atoms with Crippen molar-refractivity contribution in [2.24, 2.45) is 0 Å². The Kier molecular flexibility index (Phi) is 3.94. The molecule has 0 amide bonds. The van der Waals surface area contributed by atoms with E-state index in [4.69, 9.17) is 5.11 Å². The summed E-state index contributed by atoms with van der Waals surface area (Å²) in [5.74, 6) is -3.71. The van der Waals surface area contributed by atoms with E-state index in [1.165, 1.54) is 0 Å². The highest BCUT2D eigenvalue weighted by molar-refractivity contribution is 9.10. The number of hydrogen-bond acceptors (Lipinski definition) is 4. The lowest BCUT2D eigenvalue weighted by atomic mass is 10.3. The van der Waals surface area contributed by atoms with Crippen LogP contribution < -0.4 is 4.74 Å². The van der Waals surface area contributed by atoms with Crippen LogP contribution in [0.3, 0.4) is 0 Å². The first-order valence-corrected chi connectivity index (χ1v) is 4.79. The number of carbonyl (C=O) groups is 1. The maximum absolute atomic E-state index is 13.1. The summed E-state index contributed by atoms with van der Waals surface area (Å²) < 4.78 is 29.7. The standard InChI is InChI=1S/C8H4BrF2NO5/c9-3-1-5(12(15)16)6(2-4(3)10)17-7(11)8(13)14/h1-2,7H,(H,13,14). The monoisotopic (exact) mass is 311 g/mol. The Bertz CT molecular complexity index is 481. The van der Waals surface area contributed by atoms with Gasteiger partial charge in [0.2, 0.25) is 5.75 Å². The van der Waals surface area contributed by atoms with Crippen molar-refractivity contribution in [3.05, 3.63) is 32.5 Å². The van der Waals surface area contributed by atoms with Gasteiger partial charge < -0.3 is 9.84 Å². The van der Waals surface area contributed by atoms with Crippen LogP contribution in [-0.4, -0.2) is 22.4 Å². The molecule has 92 valence electrons. The fourth-order valence-corrected chi connectivity index (χ4v) is 1.25. The summed E-state index contributed by atoms with van der Waals surface area (Å²) in [4.78, 5) is 19.8. The molecule has 0 radical (unpaired) electrons. The van der Waals surface area contributed by atoms with Crippen LogP contribution in [0.25, 0.3) is 0 Å². The number of nitro groups is 1. The molecule has 0 heterocycles. The van der Waals surface area contributed by atoms with E-state index >= 15 is 0 Å². The summed E-state index contributed by atoms with van der Waals surface area (Å²) in [5.41, 5.74) is -0.748. The summed E-state index contributed by atoms with van der Waals surface area (Å²) in [6.45, 7) is 0. The molecule has 1 rings (SSSR count). The van der Waals surface area contributed by atoms with Crippen LogP contribution in [0, 0.1) is 15.9 Å². The molecule has 1 N–H and O–H groups in total. The Morgan fingerprint density at radius 3 is 2.65 bits per heavy atom. The van der Waals surface area contributed by atoms with Crippen LogP contribution in [0.5, 0.6) is 5.75 Å². The van der Waals surface area contributed by atoms with E-state index in [0.29, 0.717) is 6.07 Å². The SMILES string of the molecule is O=C(O)C(F)Oc1cc(F)c(Br)cc1[N+](=O)[O-]. The van der Waals surface area contributed by atoms with Gasteiger partial charge in [-0.05, 0) is 15.9 Å². The zero-order valence-corrected chi connectivity index (χ0v) is 9.48. The molecule has 1 aromatic carbocycles. The van der Waals surface area contributed by atoms with Crippen LogP contribution in [0.4, 0.5) is 14.5 Å². The van der Waals surface area contributed by atoms with E-state index in [1.807, 2.05) is 0 Å².